The summed E-state index contributed by atoms with van der Waals surface area (Å²) in [5.41, 5.74) is 1.04. The van der Waals surface area contributed by atoms with Crippen LogP contribution < -0.4 is 10.1 Å². The molecule has 2 amide bonds. The fourth-order valence-electron chi connectivity index (χ4n) is 2.64. The first-order valence-electron chi connectivity index (χ1n) is 8.52. The summed E-state index contributed by atoms with van der Waals surface area (Å²) < 4.78 is 19.0. The van der Waals surface area contributed by atoms with Gasteiger partial charge in [0.15, 0.2) is 0 Å². The molecule has 0 aliphatic heterocycles. The number of benzene rings is 2. The van der Waals surface area contributed by atoms with Crippen molar-refractivity contribution in [2.45, 2.75) is 0 Å². The molecule has 0 aliphatic rings. The number of carbonyl (C=O) groups excluding carboxylic acids is 2. The van der Waals surface area contributed by atoms with E-state index in [9.17, 15) is 14.0 Å². The summed E-state index contributed by atoms with van der Waals surface area (Å²) in [6.45, 7) is -0.108. The molecule has 1 aromatic heterocycles. The highest BCUT2D eigenvalue weighted by Crippen LogP contribution is 2.30. The number of hydrogen-bond donors (Lipinski definition) is 1. The maximum atomic E-state index is 13.9. The van der Waals surface area contributed by atoms with Crippen LogP contribution in [0.1, 0.15) is 9.67 Å². The van der Waals surface area contributed by atoms with E-state index in [0.29, 0.717) is 26.8 Å². The molecule has 1 heterocycles. The SMILES string of the molecule is COc1cccc(NC(=O)CN(C)C(=O)c2ccc(-c3ccccc3F)s2)c1. The molecule has 0 saturated carbocycles. The molecule has 2 aromatic carbocycles. The van der Waals surface area contributed by atoms with Gasteiger partial charge < -0.3 is 15.0 Å². The number of hydrogen-bond acceptors (Lipinski definition) is 4. The average Bonchev–Trinajstić information content (AvgIpc) is 3.17. The molecular weight excluding hydrogens is 379 g/mol. The summed E-state index contributed by atoms with van der Waals surface area (Å²) in [7, 11) is 3.10. The van der Waals surface area contributed by atoms with E-state index in [2.05, 4.69) is 5.32 Å². The van der Waals surface area contributed by atoms with Crippen molar-refractivity contribution in [3.8, 4) is 16.2 Å². The highest BCUT2D eigenvalue weighted by Gasteiger charge is 2.18. The molecule has 0 atom stereocenters. The van der Waals surface area contributed by atoms with E-state index >= 15 is 0 Å². The highest BCUT2D eigenvalue weighted by atomic mass is 32.1. The minimum atomic E-state index is -0.339. The zero-order valence-corrected chi connectivity index (χ0v) is 16.3. The van der Waals surface area contributed by atoms with Gasteiger partial charge in [-0.3, -0.25) is 9.59 Å². The number of nitrogens with one attached hydrogen (secondary N) is 1. The van der Waals surface area contributed by atoms with Gasteiger partial charge in [-0.2, -0.15) is 0 Å². The van der Waals surface area contributed by atoms with Crippen LogP contribution in [0.15, 0.2) is 60.7 Å². The van der Waals surface area contributed by atoms with Gasteiger partial charge in [0.25, 0.3) is 5.91 Å². The van der Waals surface area contributed by atoms with Crippen LogP contribution in [-0.2, 0) is 4.79 Å². The van der Waals surface area contributed by atoms with Crippen LogP contribution in [0.25, 0.3) is 10.4 Å². The maximum Gasteiger partial charge on any atom is 0.264 e. The molecular formula is C21H19FN2O3S. The Kier molecular flexibility index (Phi) is 6.06. The zero-order valence-electron chi connectivity index (χ0n) is 15.4. The first kappa shape index (κ1) is 19.6. The van der Waals surface area contributed by atoms with E-state index in [0.717, 1.165) is 0 Å². The Hall–Kier alpha value is -3.19. The number of halogens is 1. The van der Waals surface area contributed by atoms with Crippen LogP contribution in [-0.4, -0.2) is 37.4 Å². The first-order valence-corrected chi connectivity index (χ1v) is 9.33. The second-order valence-electron chi connectivity index (χ2n) is 6.09. The lowest BCUT2D eigenvalue weighted by atomic mass is 10.2. The van der Waals surface area contributed by atoms with E-state index in [1.54, 1.807) is 68.8 Å². The van der Waals surface area contributed by atoms with Gasteiger partial charge in [0.1, 0.15) is 11.6 Å². The van der Waals surface area contributed by atoms with Gasteiger partial charge in [0, 0.05) is 29.2 Å². The lowest BCUT2D eigenvalue weighted by Gasteiger charge is -2.16. The van der Waals surface area contributed by atoms with E-state index in [1.165, 1.54) is 22.3 Å². The van der Waals surface area contributed by atoms with Crippen LogP contribution >= 0.6 is 11.3 Å². The third kappa shape index (κ3) is 4.55. The Bertz CT molecular complexity index is 1000. The van der Waals surface area contributed by atoms with Crippen LogP contribution in [0.5, 0.6) is 5.75 Å². The summed E-state index contributed by atoms with van der Waals surface area (Å²) in [6, 6.07) is 16.7. The second kappa shape index (κ2) is 8.67. The van der Waals surface area contributed by atoms with Crippen molar-refractivity contribution in [3.05, 3.63) is 71.4 Å². The fraction of sp³-hybridized carbons (Fsp3) is 0.143. The van der Waals surface area contributed by atoms with Crippen LogP contribution in [0.2, 0.25) is 0 Å². The molecule has 28 heavy (non-hydrogen) atoms. The van der Waals surface area contributed by atoms with Crippen LogP contribution in [0, 0.1) is 5.82 Å². The lowest BCUT2D eigenvalue weighted by Crippen LogP contribution is -2.34. The predicted molar refractivity (Wildman–Crippen MR) is 108 cm³/mol. The first-order chi connectivity index (χ1) is 13.5. The Morgan fingerprint density at radius 1 is 1.11 bits per heavy atom. The average molecular weight is 398 g/mol. The normalized spacial score (nSPS) is 10.4. The molecule has 0 bridgehead atoms. The minimum Gasteiger partial charge on any atom is -0.497 e. The molecule has 3 aromatic rings. The number of methoxy groups -OCH3 is 1. The quantitative estimate of drug-likeness (QED) is 0.675. The molecule has 0 aliphatic carbocycles. The minimum absolute atomic E-state index is 0.108. The van der Waals surface area contributed by atoms with Crippen molar-refractivity contribution in [1.29, 1.82) is 0 Å². The topological polar surface area (TPSA) is 58.6 Å². The van der Waals surface area contributed by atoms with Gasteiger partial charge >= 0.3 is 0 Å². The standard InChI is InChI=1S/C21H19FN2O3S/c1-24(13-20(25)23-14-6-5-7-15(12-14)27-2)21(26)19-11-10-18(28-19)16-8-3-4-9-17(16)22/h3-12H,13H2,1-2H3,(H,23,25). The number of likely N-dealkylation sites (N-methyl/N-ethyl adjacent to an activating group) is 1. The smallest absolute Gasteiger partial charge is 0.264 e. The summed E-state index contributed by atoms with van der Waals surface area (Å²) in [4.78, 5) is 27.3. The maximum absolute atomic E-state index is 13.9. The van der Waals surface area contributed by atoms with Crippen molar-refractivity contribution in [2.75, 3.05) is 26.0 Å². The number of thiophene rings is 1. The van der Waals surface area contributed by atoms with Crippen molar-refractivity contribution in [1.82, 2.24) is 4.90 Å². The third-order valence-electron chi connectivity index (χ3n) is 4.04. The molecule has 0 fully saturated rings. The highest BCUT2D eigenvalue weighted by molar-refractivity contribution is 7.17. The van der Waals surface area contributed by atoms with E-state index in [-0.39, 0.29) is 24.2 Å². The van der Waals surface area contributed by atoms with Gasteiger partial charge in [-0.05, 0) is 30.3 Å². The molecule has 1 N–H and O–H groups in total. The molecule has 0 radical (unpaired) electrons. The summed E-state index contributed by atoms with van der Waals surface area (Å²) in [6.07, 6.45) is 0. The van der Waals surface area contributed by atoms with Gasteiger partial charge in [-0.15, -0.1) is 11.3 Å². The van der Waals surface area contributed by atoms with Crippen molar-refractivity contribution in [2.24, 2.45) is 0 Å². The largest absolute Gasteiger partial charge is 0.497 e. The monoisotopic (exact) mass is 398 g/mol. The summed E-state index contributed by atoms with van der Waals surface area (Å²) in [5, 5.41) is 2.73. The second-order valence-corrected chi connectivity index (χ2v) is 7.17. The van der Waals surface area contributed by atoms with E-state index < -0.39 is 0 Å². The van der Waals surface area contributed by atoms with Crippen LogP contribution in [0.4, 0.5) is 10.1 Å². The zero-order chi connectivity index (χ0) is 20.1. The molecule has 0 spiro atoms. The summed E-state index contributed by atoms with van der Waals surface area (Å²) in [5.74, 6) is -0.334. The fourth-order valence-corrected chi connectivity index (χ4v) is 3.66. The number of nitrogens with zero attached hydrogens (tertiary/aromatic N) is 1. The third-order valence-corrected chi connectivity index (χ3v) is 5.14. The number of anilines is 1. The molecule has 144 valence electrons. The Morgan fingerprint density at radius 3 is 2.64 bits per heavy atom. The van der Waals surface area contributed by atoms with Crippen molar-refractivity contribution < 1.29 is 18.7 Å². The summed E-state index contributed by atoms with van der Waals surface area (Å²) >= 11 is 1.19. The Balaban J connectivity index is 1.64. The van der Waals surface area contributed by atoms with Gasteiger partial charge in [-0.25, -0.2) is 4.39 Å². The van der Waals surface area contributed by atoms with Crippen LogP contribution in [0.3, 0.4) is 0 Å². The van der Waals surface area contributed by atoms with E-state index in [4.69, 9.17) is 4.74 Å². The molecule has 0 saturated heterocycles. The number of carbonyl (C=O) groups is 2. The van der Waals surface area contributed by atoms with Crippen molar-refractivity contribution in [3.63, 3.8) is 0 Å². The Morgan fingerprint density at radius 2 is 1.89 bits per heavy atom. The molecule has 3 rings (SSSR count). The van der Waals surface area contributed by atoms with E-state index in [1.807, 2.05) is 0 Å². The van der Waals surface area contributed by atoms with Gasteiger partial charge in [-0.1, -0.05) is 24.3 Å². The molecule has 0 unspecified atom stereocenters. The Labute approximate surface area is 166 Å². The van der Waals surface area contributed by atoms with Crippen molar-refractivity contribution >= 4 is 28.8 Å². The predicted octanol–water partition coefficient (Wildman–Crippen LogP) is 4.27. The number of rotatable bonds is 6. The number of amides is 2. The molecule has 5 nitrogen and oxygen atoms in total. The molecule has 7 heteroatoms. The number of ether oxygens (including phenoxy) is 1. The van der Waals surface area contributed by atoms with Gasteiger partial charge in [0.05, 0.1) is 18.5 Å². The lowest BCUT2D eigenvalue weighted by molar-refractivity contribution is -0.116. The van der Waals surface area contributed by atoms with Gasteiger partial charge in [0.2, 0.25) is 5.91 Å².